The fourth-order valence-corrected chi connectivity index (χ4v) is 2.76. The molecule has 1 amide bonds. The SMILES string of the molecule is CCC1CN(C(=O)c2c[nH]ccc2=O)CCC1NC. The minimum absolute atomic E-state index is 0.158. The number of carbonyl (C=O) groups is 1. The van der Waals surface area contributed by atoms with Crippen LogP contribution in [0.1, 0.15) is 30.1 Å². The molecule has 1 aliphatic heterocycles. The Labute approximate surface area is 113 Å². The maximum Gasteiger partial charge on any atom is 0.259 e. The molecule has 0 bridgehead atoms. The van der Waals surface area contributed by atoms with Gasteiger partial charge in [-0.05, 0) is 19.4 Å². The van der Waals surface area contributed by atoms with E-state index in [2.05, 4.69) is 17.2 Å². The molecule has 1 aliphatic rings. The molecule has 2 unspecified atom stereocenters. The second kappa shape index (κ2) is 6.02. The lowest BCUT2D eigenvalue weighted by Crippen LogP contribution is -2.50. The van der Waals surface area contributed by atoms with E-state index in [1.54, 1.807) is 11.1 Å². The van der Waals surface area contributed by atoms with Crippen molar-refractivity contribution < 1.29 is 4.79 Å². The summed E-state index contributed by atoms with van der Waals surface area (Å²) in [5, 5.41) is 3.31. The van der Waals surface area contributed by atoms with Gasteiger partial charge in [0, 0.05) is 37.6 Å². The summed E-state index contributed by atoms with van der Waals surface area (Å²) in [6.07, 6.45) is 5.00. The maximum atomic E-state index is 12.4. The van der Waals surface area contributed by atoms with Crippen molar-refractivity contribution in [3.63, 3.8) is 0 Å². The molecule has 0 spiro atoms. The van der Waals surface area contributed by atoms with Crippen LogP contribution in [-0.4, -0.2) is 42.0 Å². The number of rotatable bonds is 3. The summed E-state index contributed by atoms with van der Waals surface area (Å²) in [6.45, 7) is 3.56. The first-order valence-electron chi connectivity index (χ1n) is 6.81. The molecule has 0 radical (unpaired) electrons. The molecule has 0 aromatic carbocycles. The van der Waals surface area contributed by atoms with Crippen LogP contribution in [0.5, 0.6) is 0 Å². The summed E-state index contributed by atoms with van der Waals surface area (Å²) in [6, 6.07) is 1.85. The van der Waals surface area contributed by atoms with Crippen LogP contribution in [0, 0.1) is 5.92 Å². The number of H-pyrrole nitrogens is 1. The number of nitrogens with zero attached hydrogens (tertiary/aromatic N) is 1. The molecule has 2 N–H and O–H groups in total. The third-order valence-corrected chi connectivity index (χ3v) is 3.97. The number of carbonyl (C=O) groups excluding carboxylic acids is 1. The Kier molecular flexibility index (Phi) is 4.37. The van der Waals surface area contributed by atoms with Crippen LogP contribution < -0.4 is 10.7 Å². The Hall–Kier alpha value is -1.62. The molecule has 5 nitrogen and oxygen atoms in total. The van der Waals surface area contributed by atoms with Crippen molar-refractivity contribution >= 4 is 5.91 Å². The van der Waals surface area contributed by atoms with Gasteiger partial charge in [0.05, 0.1) is 0 Å². The second-order valence-electron chi connectivity index (χ2n) is 5.03. The zero-order valence-electron chi connectivity index (χ0n) is 11.5. The normalized spacial score (nSPS) is 23.4. The highest BCUT2D eigenvalue weighted by Gasteiger charge is 2.30. The number of likely N-dealkylation sites (tertiary alicyclic amines) is 1. The number of amides is 1. The van der Waals surface area contributed by atoms with Gasteiger partial charge >= 0.3 is 0 Å². The lowest BCUT2D eigenvalue weighted by atomic mass is 9.90. The van der Waals surface area contributed by atoms with Crippen molar-refractivity contribution in [1.82, 2.24) is 15.2 Å². The van der Waals surface area contributed by atoms with Crippen molar-refractivity contribution in [2.24, 2.45) is 5.92 Å². The Morgan fingerprint density at radius 2 is 2.37 bits per heavy atom. The smallest absolute Gasteiger partial charge is 0.259 e. The van der Waals surface area contributed by atoms with Gasteiger partial charge in [0.15, 0.2) is 5.43 Å². The van der Waals surface area contributed by atoms with E-state index in [1.165, 1.54) is 12.3 Å². The number of pyridine rings is 1. The van der Waals surface area contributed by atoms with Gasteiger partial charge in [0.25, 0.3) is 5.91 Å². The Balaban J connectivity index is 2.13. The van der Waals surface area contributed by atoms with Crippen molar-refractivity contribution in [3.8, 4) is 0 Å². The van der Waals surface area contributed by atoms with Crippen LogP contribution >= 0.6 is 0 Å². The highest BCUT2D eigenvalue weighted by atomic mass is 16.2. The standard InChI is InChI=1S/C14H21N3O2/c1-3-10-9-17(7-5-12(10)15-2)14(19)11-8-16-6-4-13(11)18/h4,6,8,10,12,15H,3,5,7,9H2,1-2H3,(H,16,18). The van der Waals surface area contributed by atoms with Crippen LogP contribution in [-0.2, 0) is 0 Å². The molecular formula is C14H21N3O2. The summed E-state index contributed by atoms with van der Waals surface area (Å²) in [4.78, 5) is 28.7. The number of aromatic amines is 1. The summed E-state index contributed by atoms with van der Waals surface area (Å²) in [7, 11) is 1.96. The molecule has 2 rings (SSSR count). The average molecular weight is 263 g/mol. The Morgan fingerprint density at radius 1 is 1.58 bits per heavy atom. The number of piperidine rings is 1. The molecular weight excluding hydrogens is 242 g/mol. The number of hydrogen-bond donors (Lipinski definition) is 2. The quantitative estimate of drug-likeness (QED) is 0.849. The molecule has 1 aromatic heterocycles. The first kappa shape index (κ1) is 13.8. The van der Waals surface area contributed by atoms with Crippen molar-refractivity contribution in [2.45, 2.75) is 25.8 Å². The largest absolute Gasteiger partial charge is 0.367 e. The van der Waals surface area contributed by atoms with Gasteiger partial charge in [0.2, 0.25) is 0 Å². The first-order valence-corrected chi connectivity index (χ1v) is 6.81. The van der Waals surface area contributed by atoms with Crippen LogP contribution in [0.15, 0.2) is 23.3 Å². The monoisotopic (exact) mass is 263 g/mol. The van der Waals surface area contributed by atoms with Crippen molar-refractivity contribution in [1.29, 1.82) is 0 Å². The van der Waals surface area contributed by atoms with Crippen LogP contribution in [0.25, 0.3) is 0 Å². The van der Waals surface area contributed by atoms with Gasteiger partial charge in [0.1, 0.15) is 5.56 Å². The highest BCUT2D eigenvalue weighted by Crippen LogP contribution is 2.20. The fourth-order valence-electron chi connectivity index (χ4n) is 2.76. The summed E-state index contributed by atoms with van der Waals surface area (Å²) >= 11 is 0. The minimum Gasteiger partial charge on any atom is -0.367 e. The number of nitrogens with one attached hydrogen (secondary N) is 2. The molecule has 1 fully saturated rings. The molecule has 5 heteroatoms. The third kappa shape index (κ3) is 2.87. The van der Waals surface area contributed by atoms with Crippen LogP contribution in [0.2, 0.25) is 0 Å². The second-order valence-corrected chi connectivity index (χ2v) is 5.03. The molecule has 104 valence electrons. The highest BCUT2D eigenvalue weighted by molar-refractivity contribution is 5.93. The predicted octanol–water partition coefficient (Wildman–Crippen LogP) is 0.835. The molecule has 0 aliphatic carbocycles. The van der Waals surface area contributed by atoms with E-state index in [9.17, 15) is 9.59 Å². The van der Waals surface area contributed by atoms with E-state index in [0.717, 1.165) is 19.4 Å². The van der Waals surface area contributed by atoms with Gasteiger partial charge in [-0.3, -0.25) is 9.59 Å². The van der Waals surface area contributed by atoms with Crippen LogP contribution in [0.4, 0.5) is 0 Å². The summed E-state index contributed by atoms with van der Waals surface area (Å²) in [5.74, 6) is 0.292. The molecule has 19 heavy (non-hydrogen) atoms. The topological polar surface area (TPSA) is 65.2 Å². The fraction of sp³-hybridized carbons (Fsp3) is 0.571. The first-order chi connectivity index (χ1) is 9.17. The van der Waals surface area contributed by atoms with Gasteiger partial charge in [-0.15, -0.1) is 0 Å². The van der Waals surface area contributed by atoms with Gasteiger partial charge in [-0.2, -0.15) is 0 Å². The lowest BCUT2D eigenvalue weighted by Gasteiger charge is -2.38. The van der Waals surface area contributed by atoms with Crippen molar-refractivity contribution in [3.05, 3.63) is 34.2 Å². The molecule has 1 saturated heterocycles. The predicted molar refractivity (Wildman–Crippen MR) is 74.2 cm³/mol. The zero-order valence-corrected chi connectivity index (χ0v) is 11.5. The maximum absolute atomic E-state index is 12.4. The summed E-state index contributed by atoms with van der Waals surface area (Å²) < 4.78 is 0. The van der Waals surface area contributed by atoms with E-state index in [1.807, 2.05) is 7.05 Å². The van der Waals surface area contributed by atoms with Crippen LogP contribution in [0.3, 0.4) is 0 Å². The van der Waals surface area contributed by atoms with Gasteiger partial charge < -0.3 is 15.2 Å². The number of hydrogen-bond acceptors (Lipinski definition) is 3. The van der Waals surface area contributed by atoms with Crippen molar-refractivity contribution in [2.75, 3.05) is 20.1 Å². The third-order valence-electron chi connectivity index (χ3n) is 3.97. The van der Waals surface area contributed by atoms with E-state index >= 15 is 0 Å². The molecule has 2 atom stereocenters. The van der Waals surface area contributed by atoms with Gasteiger partial charge in [-0.25, -0.2) is 0 Å². The van der Waals surface area contributed by atoms with E-state index in [4.69, 9.17) is 0 Å². The Bertz CT molecular complexity index is 497. The molecule has 1 aromatic rings. The molecule has 0 saturated carbocycles. The van der Waals surface area contributed by atoms with E-state index in [0.29, 0.717) is 18.5 Å². The van der Waals surface area contributed by atoms with E-state index < -0.39 is 0 Å². The zero-order chi connectivity index (χ0) is 13.8. The van der Waals surface area contributed by atoms with E-state index in [-0.39, 0.29) is 16.9 Å². The van der Waals surface area contributed by atoms with Gasteiger partial charge in [-0.1, -0.05) is 13.3 Å². The minimum atomic E-state index is -0.215. The Morgan fingerprint density at radius 3 is 3.00 bits per heavy atom. The number of aromatic nitrogens is 1. The summed E-state index contributed by atoms with van der Waals surface area (Å²) in [5.41, 5.74) is 0.0211. The average Bonchev–Trinajstić information content (AvgIpc) is 2.46. The molecule has 2 heterocycles. The lowest BCUT2D eigenvalue weighted by molar-refractivity contribution is 0.0630.